The SMILES string of the molecule is NC(Cc1cccnc1)C(=O)NC(CC1CCCCC1)C(O)C(O)C1CC1. The lowest BCUT2D eigenvalue weighted by Crippen LogP contribution is -2.54. The smallest absolute Gasteiger partial charge is 0.237 e. The molecule has 27 heavy (non-hydrogen) atoms. The van der Waals surface area contributed by atoms with Crippen molar-refractivity contribution in [2.75, 3.05) is 0 Å². The van der Waals surface area contributed by atoms with E-state index >= 15 is 0 Å². The molecule has 4 atom stereocenters. The molecule has 150 valence electrons. The number of carbonyl (C=O) groups excluding carboxylic acids is 1. The molecule has 0 saturated heterocycles. The molecule has 0 aromatic carbocycles. The molecule has 3 rings (SSSR count). The minimum Gasteiger partial charge on any atom is -0.390 e. The third kappa shape index (κ3) is 5.99. The van der Waals surface area contributed by atoms with E-state index in [1.54, 1.807) is 12.4 Å². The van der Waals surface area contributed by atoms with Crippen LogP contribution in [-0.4, -0.2) is 45.4 Å². The van der Waals surface area contributed by atoms with Gasteiger partial charge in [-0.15, -0.1) is 0 Å². The second-order valence-electron chi connectivity index (χ2n) is 8.35. The summed E-state index contributed by atoms with van der Waals surface area (Å²) in [6.07, 6.45) is 10.6. The summed E-state index contributed by atoms with van der Waals surface area (Å²) < 4.78 is 0. The van der Waals surface area contributed by atoms with Gasteiger partial charge in [-0.3, -0.25) is 9.78 Å². The van der Waals surface area contributed by atoms with Crippen LogP contribution in [0.4, 0.5) is 0 Å². The maximum atomic E-state index is 12.7. The van der Waals surface area contributed by atoms with Gasteiger partial charge in [0.1, 0.15) is 6.10 Å². The number of nitrogens with zero attached hydrogens (tertiary/aromatic N) is 1. The highest BCUT2D eigenvalue weighted by Gasteiger charge is 2.39. The van der Waals surface area contributed by atoms with Crippen molar-refractivity contribution in [2.24, 2.45) is 17.6 Å². The van der Waals surface area contributed by atoms with E-state index in [1.165, 1.54) is 19.3 Å². The van der Waals surface area contributed by atoms with Crippen LogP contribution in [0.2, 0.25) is 0 Å². The first-order valence-corrected chi connectivity index (χ1v) is 10.4. The molecule has 0 spiro atoms. The average molecular weight is 376 g/mol. The number of rotatable bonds is 9. The van der Waals surface area contributed by atoms with Crippen molar-refractivity contribution in [1.82, 2.24) is 10.3 Å². The minimum absolute atomic E-state index is 0.162. The summed E-state index contributed by atoms with van der Waals surface area (Å²) in [5, 5.41) is 24.1. The molecule has 4 unspecified atom stereocenters. The third-order valence-electron chi connectivity index (χ3n) is 6.02. The summed E-state index contributed by atoms with van der Waals surface area (Å²) in [5.41, 5.74) is 7.00. The number of aliphatic hydroxyl groups excluding tert-OH is 2. The van der Waals surface area contributed by atoms with Gasteiger partial charge in [-0.25, -0.2) is 0 Å². The molecular weight excluding hydrogens is 342 g/mol. The maximum Gasteiger partial charge on any atom is 0.237 e. The van der Waals surface area contributed by atoms with Gasteiger partial charge in [0.2, 0.25) is 5.91 Å². The lowest BCUT2D eigenvalue weighted by Gasteiger charge is -2.33. The maximum absolute atomic E-state index is 12.7. The molecule has 5 N–H and O–H groups in total. The van der Waals surface area contributed by atoms with Crippen molar-refractivity contribution in [3.8, 4) is 0 Å². The van der Waals surface area contributed by atoms with Crippen LogP contribution in [-0.2, 0) is 11.2 Å². The van der Waals surface area contributed by atoms with Gasteiger partial charge in [0.15, 0.2) is 0 Å². The summed E-state index contributed by atoms with van der Waals surface area (Å²) in [4.78, 5) is 16.7. The van der Waals surface area contributed by atoms with E-state index in [4.69, 9.17) is 5.73 Å². The van der Waals surface area contributed by atoms with Crippen molar-refractivity contribution in [2.45, 2.75) is 82.1 Å². The van der Waals surface area contributed by atoms with Crippen molar-refractivity contribution in [3.63, 3.8) is 0 Å². The van der Waals surface area contributed by atoms with Gasteiger partial charge in [0.25, 0.3) is 0 Å². The summed E-state index contributed by atoms with van der Waals surface area (Å²) in [7, 11) is 0. The van der Waals surface area contributed by atoms with Crippen LogP contribution in [0.5, 0.6) is 0 Å². The Balaban J connectivity index is 1.60. The first-order chi connectivity index (χ1) is 13.0. The normalized spacial score (nSPS) is 22.6. The van der Waals surface area contributed by atoms with E-state index in [9.17, 15) is 15.0 Å². The van der Waals surface area contributed by atoms with Crippen LogP contribution in [0.1, 0.15) is 56.9 Å². The van der Waals surface area contributed by atoms with Gasteiger partial charge in [-0.2, -0.15) is 0 Å². The van der Waals surface area contributed by atoms with E-state index in [0.717, 1.165) is 31.2 Å². The Morgan fingerprint density at radius 1 is 1.22 bits per heavy atom. The zero-order chi connectivity index (χ0) is 19.2. The molecule has 1 amide bonds. The molecule has 1 heterocycles. The number of aliphatic hydroxyl groups is 2. The second kappa shape index (κ2) is 9.62. The predicted molar refractivity (Wildman–Crippen MR) is 104 cm³/mol. The number of hydrogen-bond acceptors (Lipinski definition) is 5. The van der Waals surface area contributed by atoms with E-state index in [-0.39, 0.29) is 11.8 Å². The first kappa shape index (κ1) is 20.2. The first-order valence-electron chi connectivity index (χ1n) is 10.4. The summed E-state index contributed by atoms with van der Waals surface area (Å²) in [5.74, 6) is 0.371. The molecule has 2 fully saturated rings. The van der Waals surface area contributed by atoms with Crippen molar-refractivity contribution in [1.29, 1.82) is 0 Å². The number of carbonyl (C=O) groups is 1. The number of pyridine rings is 1. The van der Waals surface area contributed by atoms with Crippen LogP contribution in [0.15, 0.2) is 24.5 Å². The molecular formula is C21H33N3O3. The van der Waals surface area contributed by atoms with Gasteiger partial charge >= 0.3 is 0 Å². The standard InChI is InChI=1S/C21H33N3O3/c22-17(11-15-7-4-10-23-13-15)21(27)24-18(12-14-5-2-1-3-6-14)20(26)19(25)16-8-9-16/h4,7,10,13-14,16-20,25-26H,1-3,5-6,8-9,11-12,22H2,(H,24,27). The molecule has 0 radical (unpaired) electrons. The zero-order valence-electron chi connectivity index (χ0n) is 16.0. The Labute approximate surface area is 161 Å². The summed E-state index contributed by atoms with van der Waals surface area (Å²) >= 11 is 0. The molecule has 6 nitrogen and oxygen atoms in total. The molecule has 0 bridgehead atoms. The van der Waals surface area contributed by atoms with E-state index < -0.39 is 24.3 Å². The molecule has 2 aliphatic carbocycles. The Morgan fingerprint density at radius 3 is 2.59 bits per heavy atom. The van der Waals surface area contributed by atoms with Crippen molar-refractivity contribution < 1.29 is 15.0 Å². The highest BCUT2D eigenvalue weighted by Crippen LogP contribution is 2.36. The number of nitrogens with one attached hydrogen (secondary N) is 1. The van der Waals surface area contributed by atoms with E-state index in [1.807, 2.05) is 12.1 Å². The monoisotopic (exact) mass is 375 g/mol. The Morgan fingerprint density at radius 2 is 1.96 bits per heavy atom. The van der Waals surface area contributed by atoms with Crippen LogP contribution in [0.3, 0.4) is 0 Å². The third-order valence-corrected chi connectivity index (χ3v) is 6.02. The number of hydrogen-bond donors (Lipinski definition) is 4. The minimum atomic E-state index is -0.936. The fraction of sp³-hybridized carbons (Fsp3) is 0.714. The number of nitrogens with two attached hydrogens (primary N) is 1. The second-order valence-corrected chi connectivity index (χ2v) is 8.35. The van der Waals surface area contributed by atoms with Gasteiger partial charge in [0.05, 0.1) is 18.2 Å². The van der Waals surface area contributed by atoms with E-state index in [0.29, 0.717) is 18.8 Å². The van der Waals surface area contributed by atoms with Crippen LogP contribution >= 0.6 is 0 Å². The van der Waals surface area contributed by atoms with Gasteiger partial charge < -0.3 is 21.3 Å². The highest BCUT2D eigenvalue weighted by molar-refractivity contribution is 5.82. The number of amides is 1. The largest absolute Gasteiger partial charge is 0.390 e. The fourth-order valence-corrected chi connectivity index (χ4v) is 4.18. The zero-order valence-corrected chi connectivity index (χ0v) is 16.0. The van der Waals surface area contributed by atoms with E-state index in [2.05, 4.69) is 10.3 Å². The molecule has 1 aromatic rings. The highest BCUT2D eigenvalue weighted by atomic mass is 16.3. The lowest BCUT2D eigenvalue weighted by atomic mass is 9.82. The fourth-order valence-electron chi connectivity index (χ4n) is 4.18. The molecule has 2 aliphatic rings. The molecule has 0 aliphatic heterocycles. The van der Waals surface area contributed by atoms with Crippen molar-refractivity contribution in [3.05, 3.63) is 30.1 Å². The topological polar surface area (TPSA) is 108 Å². The number of aromatic nitrogens is 1. The quantitative estimate of drug-likeness (QED) is 0.523. The Bertz CT molecular complexity index is 588. The molecule has 2 saturated carbocycles. The molecule has 1 aromatic heterocycles. The summed E-state index contributed by atoms with van der Waals surface area (Å²) in [6.45, 7) is 0. The van der Waals surface area contributed by atoms with Crippen molar-refractivity contribution >= 4 is 5.91 Å². The van der Waals surface area contributed by atoms with Crippen LogP contribution in [0.25, 0.3) is 0 Å². The molecule has 6 heteroatoms. The Hall–Kier alpha value is -1.50. The van der Waals surface area contributed by atoms with Crippen LogP contribution < -0.4 is 11.1 Å². The lowest BCUT2D eigenvalue weighted by molar-refractivity contribution is -0.125. The van der Waals surface area contributed by atoms with Gasteiger partial charge in [0, 0.05) is 12.4 Å². The van der Waals surface area contributed by atoms with Crippen LogP contribution in [0, 0.1) is 11.8 Å². The average Bonchev–Trinajstić information content (AvgIpc) is 3.53. The predicted octanol–water partition coefficient (Wildman–Crippen LogP) is 1.54. The Kier molecular flexibility index (Phi) is 7.21. The van der Waals surface area contributed by atoms with Gasteiger partial charge in [-0.05, 0) is 49.1 Å². The van der Waals surface area contributed by atoms with Gasteiger partial charge in [-0.1, -0.05) is 38.2 Å². The summed E-state index contributed by atoms with van der Waals surface area (Å²) in [6, 6.07) is 2.57.